The number of nitrogens with zero attached hydrogens (tertiary/aromatic N) is 3. The smallest absolute Gasteiger partial charge is 0.299 e. The molecule has 2 aromatic rings. The number of carbonyl (C=O) groups is 1. The van der Waals surface area contributed by atoms with Crippen LogP contribution in [0.4, 0.5) is 5.82 Å². The first-order valence-corrected chi connectivity index (χ1v) is 4.73. The zero-order valence-corrected chi connectivity index (χ0v) is 8.47. The number of methoxy groups -OCH3 is 1. The number of fused-ring (bicyclic) bond motifs is 2. The number of carbonyl (C=O) groups excluding carboxylic acids is 1. The largest absolute Gasteiger partial charge is 0.497 e. The Labute approximate surface area is 90.8 Å². The lowest BCUT2D eigenvalue weighted by Gasteiger charge is -2.02. The molecule has 1 aliphatic rings. The molecule has 0 saturated heterocycles. The lowest BCUT2D eigenvalue weighted by molar-refractivity contribution is 0.100. The van der Waals surface area contributed by atoms with E-state index in [-0.39, 0.29) is 5.91 Å². The van der Waals surface area contributed by atoms with Gasteiger partial charge in [0.05, 0.1) is 18.2 Å². The standard InChI is InChI=1S/C11H7N3O2/c1-16-7-2-3-9-6(4-7)5-8-10(12-9)13-14-11(8)15/h2-5H,1H3. The van der Waals surface area contributed by atoms with Gasteiger partial charge in [-0.2, -0.15) is 0 Å². The molecule has 0 saturated carbocycles. The minimum absolute atomic E-state index is 0.341. The molecule has 0 bridgehead atoms. The molecular weight excluding hydrogens is 206 g/mol. The van der Waals surface area contributed by atoms with E-state index in [1.807, 2.05) is 18.2 Å². The summed E-state index contributed by atoms with van der Waals surface area (Å²) in [6.07, 6.45) is 0. The van der Waals surface area contributed by atoms with E-state index in [0.717, 1.165) is 16.7 Å². The molecule has 0 radical (unpaired) electrons. The third-order valence-electron chi connectivity index (χ3n) is 2.47. The van der Waals surface area contributed by atoms with Gasteiger partial charge in [0.1, 0.15) is 5.75 Å². The van der Waals surface area contributed by atoms with Crippen molar-refractivity contribution in [3.8, 4) is 5.75 Å². The molecule has 0 fully saturated rings. The Hall–Kier alpha value is -2.30. The number of ether oxygens (including phenoxy) is 1. The summed E-state index contributed by atoms with van der Waals surface area (Å²) in [6, 6.07) is 7.21. The first-order valence-electron chi connectivity index (χ1n) is 4.73. The highest BCUT2D eigenvalue weighted by molar-refractivity contribution is 6.04. The Morgan fingerprint density at radius 2 is 2.06 bits per heavy atom. The van der Waals surface area contributed by atoms with Crippen LogP contribution in [-0.2, 0) is 0 Å². The minimum Gasteiger partial charge on any atom is -0.497 e. The van der Waals surface area contributed by atoms with Crippen LogP contribution in [0.15, 0.2) is 34.5 Å². The molecule has 0 spiro atoms. The maximum absolute atomic E-state index is 11.3. The van der Waals surface area contributed by atoms with Crippen LogP contribution < -0.4 is 4.74 Å². The quantitative estimate of drug-likeness (QED) is 0.730. The molecule has 0 unspecified atom stereocenters. The predicted octanol–water partition coefficient (Wildman–Crippen LogP) is 2.48. The second-order valence-corrected chi connectivity index (χ2v) is 3.42. The second-order valence-electron chi connectivity index (χ2n) is 3.42. The van der Waals surface area contributed by atoms with Crippen LogP contribution >= 0.6 is 0 Å². The van der Waals surface area contributed by atoms with Crippen LogP contribution in [0.5, 0.6) is 5.75 Å². The maximum atomic E-state index is 11.3. The number of aromatic nitrogens is 1. The van der Waals surface area contributed by atoms with Gasteiger partial charge in [-0.25, -0.2) is 4.98 Å². The van der Waals surface area contributed by atoms with Crippen LogP contribution in [0.2, 0.25) is 0 Å². The van der Waals surface area contributed by atoms with Gasteiger partial charge in [-0.05, 0) is 24.3 Å². The van der Waals surface area contributed by atoms with Crippen LogP contribution in [0.3, 0.4) is 0 Å². The zero-order valence-electron chi connectivity index (χ0n) is 8.47. The predicted molar refractivity (Wildman–Crippen MR) is 57.1 cm³/mol. The summed E-state index contributed by atoms with van der Waals surface area (Å²) in [5.41, 5.74) is 1.22. The first-order chi connectivity index (χ1) is 7.78. The average Bonchev–Trinajstić information content (AvgIpc) is 2.67. The number of hydrogen-bond donors (Lipinski definition) is 0. The maximum Gasteiger partial charge on any atom is 0.299 e. The fourth-order valence-corrected chi connectivity index (χ4v) is 1.65. The molecule has 1 amide bonds. The highest BCUT2D eigenvalue weighted by Crippen LogP contribution is 2.29. The van der Waals surface area contributed by atoms with Crippen molar-refractivity contribution in [1.29, 1.82) is 0 Å². The Morgan fingerprint density at radius 1 is 1.19 bits per heavy atom. The molecule has 16 heavy (non-hydrogen) atoms. The number of benzene rings is 1. The van der Waals surface area contributed by atoms with E-state index in [9.17, 15) is 4.79 Å². The van der Waals surface area contributed by atoms with Crippen LogP contribution in [0, 0.1) is 0 Å². The molecule has 0 aliphatic carbocycles. The molecule has 78 valence electrons. The molecule has 3 rings (SSSR count). The average molecular weight is 213 g/mol. The number of pyridine rings is 1. The summed E-state index contributed by atoms with van der Waals surface area (Å²) in [7, 11) is 1.60. The van der Waals surface area contributed by atoms with Crippen molar-refractivity contribution in [2.24, 2.45) is 10.2 Å². The monoisotopic (exact) mass is 213 g/mol. The molecule has 5 heteroatoms. The van der Waals surface area contributed by atoms with E-state index in [4.69, 9.17) is 4.74 Å². The molecule has 0 atom stereocenters. The molecule has 1 aromatic heterocycles. The Bertz CT molecular complexity index is 634. The van der Waals surface area contributed by atoms with E-state index in [1.165, 1.54) is 0 Å². The van der Waals surface area contributed by atoms with Crippen LogP contribution in [0.25, 0.3) is 10.9 Å². The lowest BCUT2D eigenvalue weighted by Crippen LogP contribution is -1.91. The fourth-order valence-electron chi connectivity index (χ4n) is 1.65. The number of rotatable bonds is 1. The van der Waals surface area contributed by atoms with Crippen molar-refractivity contribution >= 4 is 22.6 Å². The van der Waals surface area contributed by atoms with Gasteiger partial charge in [0.25, 0.3) is 5.91 Å². The molecule has 0 N–H and O–H groups in total. The van der Waals surface area contributed by atoms with E-state index in [1.54, 1.807) is 13.2 Å². The summed E-state index contributed by atoms with van der Waals surface area (Å²) in [6.45, 7) is 0. The van der Waals surface area contributed by atoms with Gasteiger partial charge >= 0.3 is 0 Å². The van der Waals surface area contributed by atoms with E-state index in [0.29, 0.717) is 11.4 Å². The summed E-state index contributed by atoms with van der Waals surface area (Å²) in [5.74, 6) is 0.781. The Balaban J connectivity index is 2.30. The van der Waals surface area contributed by atoms with Crippen LogP contribution in [-0.4, -0.2) is 18.0 Å². The summed E-state index contributed by atoms with van der Waals surface area (Å²) in [4.78, 5) is 15.6. The van der Waals surface area contributed by atoms with Crippen molar-refractivity contribution in [3.63, 3.8) is 0 Å². The normalized spacial score (nSPS) is 13.2. The summed E-state index contributed by atoms with van der Waals surface area (Å²) in [5, 5.41) is 8.01. The second kappa shape index (κ2) is 3.10. The van der Waals surface area contributed by atoms with Crippen molar-refractivity contribution in [1.82, 2.24) is 4.98 Å². The zero-order chi connectivity index (χ0) is 11.1. The highest BCUT2D eigenvalue weighted by Gasteiger charge is 2.19. The van der Waals surface area contributed by atoms with Crippen molar-refractivity contribution in [2.75, 3.05) is 7.11 Å². The van der Waals surface area contributed by atoms with Gasteiger partial charge in [-0.15, -0.1) is 10.2 Å². The molecular formula is C11H7N3O2. The fraction of sp³-hybridized carbons (Fsp3) is 0.0909. The van der Waals surface area contributed by atoms with Gasteiger partial charge in [-0.3, -0.25) is 4.79 Å². The molecule has 5 nitrogen and oxygen atoms in total. The Morgan fingerprint density at radius 3 is 2.88 bits per heavy atom. The van der Waals surface area contributed by atoms with Crippen molar-refractivity contribution < 1.29 is 9.53 Å². The topological polar surface area (TPSA) is 63.9 Å². The van der Waals surface area contributed by atoms with E-state index in [2.05, 4.69) is 15.2 Å². The molecule has 2 heterocycles. The van der Waals surface area contributed by atoms with Crippen LogP contribution in [0.1, 0.15) is 10.4 Å². The third-order valence-corrected chi connectivity index (χ3v) is 2.47. The number of hydrogen-bond acceptors (Lipinski definition) is 4. The summed E-state index contributed by atoms with van der Waals surface area (Å²) < 4.78 is 5.11. The highest BCUT2D eigenvalue weighted by atomic mass is 16.5. The minimum atomic E-state index is -0.341. The van der Waals surface area contributed by atoms with E-state index < -0.39 is 0 Å². The summed E-state index contributed by atoms with van der Waals surface area (Å²) >= 11 is 0. The number of amides is 1. The first kappa shape index (κ1) is 8.96. The van der Waals surface area contributed by atoms with Gasteiger partial charge in [-0.1, -0.05) is 0 Å². The molecule has 1 aliphatic heterocycles. The molecule has 1 aromatic carbocycles. The third kappa shape index (κ3) is 1.18. The van der Waals surface area contributed by atoms with Crippen molar-refractivity contribution in [3.05, 3.63) is 29.8 Å². The Kier molecular flexibility index (Phi) is 1.73. The lowest BCUT2D eigenvalue weighted by atomic mass is 10.1. The SMILES string of the molecule is COc1ccc2nc3c(cc2c1)C(=O)N=N3. The van der Waals surface area contributed by atoms with Crippen molar-refractivity contribution in [2.45, 2.75) is 0 Å². The van der Waals surface area contributed by atoms with E-state index >= 15 is 0 Å². The van der Waals surface area contributed by atoms with Gasteiger partial charge < -0.3 is 4.74 Å². The van der Waals surface area contributed by atoms with Gasteiger partial charge in [0.15, 0.2) is 5.82 Å². The van der Waals surface area contributed by atoms with Gasteiger partial charge in [0, 0.05) is 5.39 Å². The van der Waals surface area contributed by atoms with Gasteiger partial charge in [0.2, 0.25) is 0 Å². The number of azo groups is 1.